The van der Waals surface area contributed by atoms with Gasteiger partial charge in [-0.2, -0.15) is 12.6 Å². The maximum atomic E-state index is 12.4. The summed E-state index contributed by atoms with van der Waals surface area (Å²) in [6.07, 6.45) is -0.110. The van der Waals surface area contributed by atoms with Crippen molar-refractivity contribution in [1.82, 2.24) is 0 Å². The summed E-state index contributed by atoms with van der Waals surface area (Å²) in [6, 6.07) is 0. The Bertz CT molecular complexity index is 764. The van der Waals surface area contributed by atoms with Gasteiger partial charge in [0.15, 0.2) is 18.1 Å². The molecule has 158 valence electrons. The molecule has 1 aromatic rings. The van der Waals surface area contributed by atoms with E-state index in [4.69, 9.17) is 13.9 Å². The molecule has 10 heteroatoms. The Morgan fingerprint density at radius 3 is 2.21 bits per heavy atom. The summed E-state index contributed by atoms with van der Waals surface area (Å²) in [6.45, 7) is 9.64. The summed E-state index contributed by atoms with van der Waals surface area (Å²) < 4.78 is 18.8. The highest BCUT2D eigenvalue weighted by molar-refractivity contribution is 8.13. The van der Waals surface area contributed by atoms with Crippen LogP contribution in [-0.2, 0) is 25.7 Å². The van der Waals surface area contributed by atoms with E-state index < -0.39 is 33.4 Å². The standard InChI is InChI=1S/C18H26O8S2/c1-10-12(25-15(21)24-10)8-23-16(22)28-9-11(7-13(19)18(5,6)27)14(20)26-17(2,3)4/h11,27H,7-9H2,1-6H3/t11-/m0/s1. The van der Waals surface area contributed by atoms with Gasteiger partial charge in [0, 0.05) is 12.2 Å². The number of hydrogen-bond donors (Lipinski definition) is 1. The molecule has 1 rings (SSSR count). The van der Waals surface area contributed by atoms with Crippen LogP contribution in [0.15, 0.2) is 13.6 Å². The van der Waals surface area contributed by atoms with Crippen molar-refractivity contribution in [3.8, 4) is 0 Å². The van der Waals surface area contributed by atoms with E-state index in [1.165, 1.54) is 6.92 Å². The van der Waals surface area contributed by atoms with Crippen LogP contribution in [0, 0.1) is 12.8 Å². The first-order valence-corrected chi connectivity index (χ1v) is 10.00. The van der Waals surface area contributed by atoms with Crippen LogP contribution in [-0.4, -0.2) is 33.2 Å². The van der Waals surface area contributed by atoms with Crippen LogP contribution >= 0.6 is 24.4 Å². The van der Waals surface area contributed by atoms with E-state index in [0.717, 1.165) is 11.8 Å². The summed E-state index contributed by atoms with van der Waals surface area (Å²) in [5.41, 5.74) is -0.726. The SMILES string of the molecule is Cc1oc(=O)oc1COC(=O)SC[C@H](CC(=O)C(C)(C)S)C(=O)OC(C)(C)C. The summed E-state index contributed by atoms with van der Waals surface area (Å²) >= 11 is 4.96. The molecule has 0 aliphatic rings. The zero-order chi connectivity index (χ0) is 21.7. The molecule has 1 aromatic heterocycles. The average Bonchev–Trinajstić information content (AvgIpc) is 2.84. The number of thioether (sulfide) groups is 1. The second kappa shape index (κ2) is 9.69. The average molecular weight is 435 g/mol. The van der Waals surface area contributed by atoms with Gasteiger partial charge < -0.3 is 18.3 Å². The molecule has 0 N–H and O–H groups in total. The number of ketones is 1. The van der Waals surface area contributed by atoms with E-state index in [9.17, 15) is 19.2 Å². The van der Waals surface area contributed by atoms with Gasteiger partial charge in [-0.3, -0.25) is 9.59 Å². The minimum Gasteiger partial charge on any atom is -0.460 e. The molecule has 0 bridgehead atoms. The Kier molecular flexibility index (Phi) is 8.43. The first kappa shape index (κ1) is 24.4. The smallest absolute Gasteiger partial charge is 0.460 e. The molecule has 0 aromatic carbocycles. The minimum absolute atomic E-state index is 0.00232. The molecule has 0 amide bonds. The van der Waals surface area contributed by atoms with E-state index in [1.807, 2.05) is 0 Å². The molecule has 0 spiro atoms. The van der Waals surface area contributed by atoms with Gasteiger partial charge in [-0.25, -0.2) is 9.59 Å². The lowest BCUT2D eigenvalue weighted by Crippen LogP contribution is -2.34. The van der Waals surface area contributed by atoms with Gasteiger partial charge in [-0.15, -0.1) is 0 Å². The normalized spacial score (nSPS) is 13.1. The van der Waals surface area contributed by atoms with Crippen LogP contribution in [0.3, 0.4) is 0 Å². The van der Waals surface area contributed by atoms with Crippen molar-refractivity contribution in [3.05, 3.63) is 22.1 Å². The Morgan fingerprint density at radius 1 is 1.14 bits per heavy atom. The topological polar surface area (TPSA) is 113 Å². The van der Waals surface area contributed by atoms with Gasteiger partial charge in [0.2, 0.25) is 0 Å². The van der Waals surface area contributed by atoms with Crippen molar-refractivity contribution >= 4 is 41.4 Å². The van der Waals surface area contributed by atoms with E-state index in [2.05, 4.69) is 17.0 Å². The van der Waals surface area contributed by atoms with Gasteiger partial charge in [0.1, 0.15) is 11.4 Å². The van der Waals surface area contributed by atoms with Crippen LogP contribution in [0.4, 0.5) is 4.79 Å². The number of esters is 1. The Morgan fingerprint density at radius 2 is 1.75 bits per heavy atom. The molecule has 0 saturated carbocycles. The maximum Gasteiger partial charge on any atom is 0.519 e. The third-order valence-corrected chi connectivity index (χ3v) is 4.59. The molecule has 8 nitrogen and oxygen atoms in total. The highest BCUT2D eigenvalue weighted by atomic mass is 32.2. The second-order valence-electron chi connectivity index (χ2n) is 7.70. The van der Waals surface area contributed by atoms with Crippen LogP contribution in [0.2, 0.25) is 0 Å². The first-order valence-electron chi connectivity index (χ1n) is 8.56. The van der Waals surface area contributed by atoms with Gasteiger partial charge in [0.05, 0.1) is 10.7 Å². The van der Waals surface area contributed by atoms with Crippen LogP contribution in [0.1, 0.15) is 52.6 Å². The van der Waals surface area contributed by atoms with Gasteiger partial charge in [-0.1, -0.05) is 0 Å². The Hall–Kier alpha value is -1.68. The minimum atomic E-state index is -0.915. The summed E-state index contributed by atoms with van der Waals surface area (Å²) in [5.74, 6) is -2.20. The molecule has 1 heterocycles. The molecule has 0 radical (unpaired) electrons. The highest BCUT2D eigenvalue weighted by Crippen LogP contribution is 2.24. The van der Waals surface area contributed by atoms with Crippen molar-refractivity contribution < 1.29 is 32.7 Å². The van der Waals surface area contributed by atoms with E-state index >= 15 is 0 Å². The number of aryl methyl sites for hydroxylation is 1. The van der Waals surface area contributed by atoms with E-state index in [-0.39, 0.29) is 36.1 Å². The van der Waals surface area contributed by atoms with Crippen LogP contribution in [0.5, 0.6) is 0 Å². The predicted octanol–water partition coefficient (Wildman–Crippen LogP) is 3.54. The number of rotatable bonds is 8. The number of Topliss-reactive ketones (excluding diaryl/α,β-unsaturated/α-hetero) is 1. The summed E-state index contributed by atoms with van der Waals surface area (Å²) in [7, 11) is 0. The first-order chi connectivity index (χ1) is 12.7. The van der Waals surface area contributed by atoms with Crippen molar-refractivity contribution in [3.63, 3.8) is 0 Å². The Balaban J connectivity index is 2.69. The number of hydrogen-bond acceptors (Lipinski definition) is 10. The molecule has 0 saturated heterocycles. The zero-order valence-electron chi connectivity index (χ0n) is 16.8. The number of ether oxygens (including phenoxy) is 2. The largest absolute Gasteiger partial charge is 0.519 e. The zero-order valence-corrected chi connectivity index (χ0v) is 18.5. The van der Waals surface area contributed by atoms with Crippen molar-refractivity contribution in [2.45, 2.75) is 64.9 Å². The lowest BCUT2D eigenvalue weighted by Gasteiger charge is -2.25. The van der Waals surface area contributed by atoms with E-state index in [0.29, 0.717) is 0 Å². The van der Waals surface area contributed by atoms with Crippen molar-refractivity contribution in [2.24, 2.45) is 5.92 Å². The molecule has 0 aliphatic carbocycles. The number of thiol groups is 1. The fourth-order valence-corrected chi connectivity index (χ4v) is 2.73. The fourth-order valence-electron chi connectivity index (χ4n) is 1.91. The third kappa shape index (κ3) is 8.55. The van der Waals surface area contributed by atoms with Gasteiger partial charge in [-0.05, 0) is 53.3 Å². The molecule has 1 atom stereocenters. The van der Waals surface area contributed by atoms with Crippen molar-refractivity contribution in [1.29, 1.82) is 0 Å². The van der Waals surface area contributed by atoms with Crippen molar-refractivity contribution in [2.75, 3.05) is 5.75 Å². The molecular formula is C18H26O8S2. The molecule has 0 unspecified atom stereocenters. The third-order valence-electron chi connectivity index (χ3n) is 3.41. The van der Waals surface area contributed by atoms with E-state index in [1.54, 1.807) is 34.6 Å². The summed E-state index contributed by atoms with van der Waals surface area (Å²) in [5, 5.41) is -0.686. The number of carbonyl (C=O) groups excluding carboxylic acids is 3. The molecular weight excluding hydrogens is 408 g/mol. The predicted molar refractivity (Wildman–Crippen MR) is 107 cm³/mol. The fraction of sp³-hybridized carbons (Fsp3) is 0.667. The lowest BCUT2D eigenvalue weighted by molar-refractivity contribution is -0.160. The maximum absolute atomic E-state index is 12.4. The Labute approximate surface area is 173 Å². The van der Waals surface area contributed by atoms with Crippen LogP contribution in [0.25, 0.3) is 0 Å². The lowest BCUT2D eigenvalue weighted by atomic mass is 9.97. The highest BCUT2D eigenvalue weighted by Gasteiger charge is 2.32. The molecule has 0 aliphatic heterocycles. The molecule has 28 heavy (non-hydrogen) atoms. The number of carbonyl (C=O) groups is 3. The summed E-state index contributed by atoms with van der Waals surface area (Å²) in [4.78, 5) is 47.7. The molecule has 0 fully saturated rings. The van der Waals surface area contributed by atoms with Gasteiger partial charge in [0.25, 0.3) is 0 Å². The second-order valence-corrected chi connectivity index (χ2v) is 9.77. The quantitative estimate of drug-likeness (QED) is 0.485. The van der Waals surface area contributed by atoms with Crippen LogP contribution < -0.4 is 5.82 Å². The monoisotopic (exact) mass is 434 g/mol. The van der Waals surface area contributed by atoms with Gasteiger partial charge >= 0.3 is 17.1 Å².